The molecule has 3 fully saturated rings. The fraction of sp³-hybridized carbons (Fsp3) is 0.500. The lowest BCUT2D eigenvalue weighted by Crippen LogP contribution is -2.69. The van der Waals surface area contributed by atoms with Gasteiger partial charge in [-0.3, -0.25) is 9.69 Å². The van der Waals surface area contributed by atoms with E-state index in [0.29, 0.717) is 17.9 Å². The van der Waals surface area contributed by atoms with Crippen molar-refractivity contribution in [3.8, 4) is 5.75 Å². The minimum Gasteiger partial charge on any atom is -0.487 e. The smallest absolute Gasteiger partial charge is 0.246 e. The topological polar surface area (TPSA) is 53.0 Å². The fourth-order valence-electron chi connectivity index (χ4n) is 7.93. The van der Waals surface area contributed by atoms with Crippen molar-refractivity contribution in [1.29, 1.82) is 0 Å². The minimum absolute atomic E-state index is 0.00584. The van der Waals surface area contributed by atoms with Gasteiger partial charge in [-0.15, -0.1) is 0 Å². The van der Waals surface area contributed by atoms with Crippen molar-refractivity contribution >= 4 is 12.0 Å². The molecule has 5 aliphatic rings. The van der Waals surface area contributed by atoms with Gasteiger partial charge >= 0.3 is 0 Å². The van der Waals surface area contributed by atoms with Crippen LogP contribution in [0.1, 0.15) is 42.4 Å². The first-order valence-corrected chi connectivity index (χ1v) is 13.3. The molecular weight excluding hydrogens is 436 g/mol. The van der Waals surface area contributed by atoms with Crippen molar-refractivity contribution in [2.24, 2.45) is 11.8 Å². The van der Waals surface area contributed by atoms with E-state index in [1.165, 1.54) is 11.1 Å². The molecule has 1 spiro atoms. The largest absolute Gasteiger partial charge is 0.487 e. The summed E-state index contributed by atoms with van der Waals surface area (Å²) in [6, 6.07) is 17.2. The average molecular weight is 471 g/mol. The first-order chi connectivity index (χ1) is 17.1. The van der Waals surface area contributed by atoms with Crippen LogP contribution in [-0.4, -0.2) is 65.2 Å². The Hall–Kier alpha value is -2.63. The number of hydrogen-bond donors (Lipinski definition) is 1. The zero-order valence-electron chi connectivity index (χ0n) is 20.3. The molecule has 2 aliphatic heterocycles. The highest BCUT2D eigenvalue weighted by atomic mass is 16.5. The van der Waals surface area contributed by atoms with E-state index in [2.05, 4.69) is 23.1 Å². The molecule has 182 valence electrons. The highest BCUT2D eigenvalue weighted by Gasteiger charge is 2.66. The zero-order valence-corrected chi connectivity index (χ0v) is 20.3. The number of rotatable bonds is 5. The molecule has 2 aromatic carbocycles. The lowest BCUT2D eigenvalue weighted by Gasteiger charge is -2.60. The van der Waals surface area contributed by atoms with Gasteiger partial charge in [-0.05, 0) is 67.8 Å². The number of carbonyl (C=O) groups is 1. The molecule has 0 aromatic heterocycles. The maximum Gasteiger partial charge on any atom is 0.246 e. The van der Waals surface area contributed by atoms with Gasteiger partial charge in [0.1, 0.15) is 11.9 Å². The molecule has 5 heteroatoms. The van der Waals surface area contributed by atoms with Crippen LogP contribution < -0.4 is 4.74 Å². The number of likely N-dealkylation sites (N-methyl/N-ethyl adjacent to an activating group) is 1. The van der Waals surface area contributed by atoms with E-state index in [1.807, 2.05) is 48.4 Å². The summed E-state index contributed by atoms with van der Waals surface area (Å²) in [5.74, 6) is 2.09. The number of carbonyl (C=O) groups excluding carboxylic acids is 1. The number of piperidine rings is 1. The predicted molar refractivity (Wildman–Crippen MR) is 135 cm³/mol. The third kappa shape index (κ3) is 3.24. The van der Waals surface area contributed by atoms with E-state index in [0.717, 1.165) is 56.5 Å². The maximum absolute atomic E-state index is 13.3. The molecule has 7 atom stereocenters. The Morgan fingerprint density at radius 2 is 2.03 bits per heavy atom. The number of amides is 1. The summed E-state index contributed by atoms with van der Waals surface area (Å²) in [6.45, 7) is 2.07. The number of likely N-dealkylation sites (tertiary alicyclic amines) is 1. The first kappa shape index (κ1) is 21.6. The predicted octanol–water partition coefficient (Wildman–Crippen LogP) is 3.65. The number of nitrogens with zero attached hydrogens (tertiary/aromatic N) is 2. The van der Waals surface area contributed by atoms with Crippen LogP contribution in [0.3, 0.4) is 0 Å². The Kier molecular flexibility index (Phi) is 4.91. The van der Waals surface area contributed by atoms with E-state index in [1.54, 1.807) is 6.08 Å². The van der Waals surface area contributed by atoms with Gasteiger partial charge in [-0.25, -0.2) is 0 Å². The van der Waals surface area contributed by atoms with E-state index in [9.17, 15) is 9.90 Å². The Morgan fingerprint density at radius 3 is 2.83 bits per heavy atom. The van der Waals surface area contributed by atoms with E-state index < -0.39 is 0 Å². The van der Waals surface area contributed by atoms with Crippen molar-refractivity contribution in [3.63, 3.8) is 0 Å². The van der Waals surface area contributed by atoms with Crippen LogP contribution in [0.25, 0.3) is 6.08 Å². The molecule has 3 aliphatic carbocycles. The highest BCUT2D eigenvalue weighted by Crippen LogP contribution is 2.62. The molecule has 2 unspecified atom stereocenters. The van der Waals surface area contributed by atoms with E-state index >= 15 is 0 Å². The average Bonchev–Trinajstić information content (AvgIpc) is 3.46. The molecule has 2 bridgehead atoms. The summed E-state index contributed by atoms with van der Waals surface area (Å²) in [5.41, 5.74) is 3.91. The molecule has 35 heavy (non-hydrogen) atoms. The second-order valence-corrected chi connectivity index (χ2v) is 11.4. The fourth-order valence-corrected chi connectivity index (χ4v) is 7.93. The van der Waals surface area contributed by atoms with Crippen molar-refractivity contribution < 1.29 is 14.6 Å². The van der Waals surface area contributed by atoms with Gasteiger partial charge in [-0.2, -0.15) is 0 Å². The van der Waals surface area contributed by atoms with Gasteiger partial charge in [0.15, 0.2) is 0 Å². The van der Waals surface area contributed by atoms with Gasteiger partial charge < -0.3 is 14.7 Å². The number of hydrogen-bond acceptors (Lipinski definition) is 4. The third-order valence-corrected chi connectivity index (χ3v) is 9.72. The van der Waals surface area contributed by atoms with Crippen LogP contribution in [0.2, 0.25) is 0 Å². The third-order valence-electron chi connectivity index (χ3n) is 9.72. The normalized spacial score (nSPS) is 36.5. The highest BCUT2D eigenvalue weighted by molar-refractivity contribution is 5.92. The van der Waals surface area contributed by atoms with Gasteiger partial charge in [-0.1, -0.05) is 42.5 Å². The van der Waals surface area contributed by atoms with Gasteiger partial charge in [0.2, 0.25) is 5.91 Å². The lowest BCUT2D eigenvalue weighted by molar-refractivity contribution is -0.135. The molecule has 7 rings (SSSR count). The van der Waals surface area contributed by atoms with Crippen molar-refractivity contribution in [3.05, 3.63) is 71.3 Å². The van der Waals surface area contributed by atoms with Gasteiger partial charge in [0.05, 0.1) is 12.1 Å². The summed E-state index contributed by atoms with van der Waals surface area (Å²) < 4.78 is 6.79. The van der Waals surface area contributed by atoms with Crippen molar-refractivity contribution in [1.82, 2.24) is 9.80 Å². The zero-order chi connectivity index (χ0) is 23.7. The van der Waals surface area contributed by atoms with Crippen molar-refractivity contribution in [2.45, 2.75) is 61.8 Å². The van der Waals surface area contributed by atoms with Crippen LogP contribution in [0.5, 0.6) is 5.75 Å². The molecule has 1 N–H and O–H groups in total. The van der Waals surface area contributed by atoms with Gasteiger partial charge in [0, 0.05) is 42.6 Å². The lowest BCUT2D eigenvalue weighted by atomic mass is 9.51. The summed E-state index contributed by atoms with van der Waals surface area (Å²) in [6.07, 6.45) is 8.72. The minimum atomic E-state index is -0.102. The quantitative estimate of drug-likeness (QED) is 0.678. The molecule has 1 saturated heterocycles. The van der Waals surface area contributed by atoms with Crippen LogP contribution in [0.15, 0.2) is 54.6 Å². The number of aliphatic hydroxyl groups excluding tert-OH is 1. The molecule has 2 saturated carbocycles. The Balaban J connectivity index is 1.20. The second kappa shape index (κ2) is 7.94. The summed E-state index contributed by atoms with van der Waals surface area (Å²) >= 11 is 0. The summed E-state index contributed by atoms with van der Waals surface area (Å²) in [7, 11) is 1.95. The van der Waals surface area contributed by atoms with E-state index in [4.69, 9.17) is 4.74 Å². The monoisotopic (exact) mass is 470 g/mol. The summed E-state index contributed by atoms with van der Waals surface area (Å²) in [4.78, 5) is 17.9. The molecular formula is C30H34N2O3. The molecule has 1 amide bonds. The standard InChI is InChI=1S/C30H34N2O3/c1-31(27(34)13-10-19-6-3-2-4-7-19)23-12-11-22-24-16-20-8-5-9-26-28(20)30(22,29(23)35-26)14-15-32(24)18-21-17-25(21)33/h2-10,13,21-25,29,33H,11-12,14-18H2,1H3/t21?,22-,23+,24+,25?,29-,30-/m0/s1. The second-order valence-electron chi connectivity index (χ2n) is 11.4. The van der Waals surface area contributed by atoms with Crippen LogP contribution in [0, 0.1) is 11.8 Å². The number of benzene rings is 2. The molecule has 0 radical (unpaired) electrons. The summed E-state index contributed by atoms with van der Waals surface area (Å²) in [5, 5.41) is 10.00. The van der Waals surface area contributed by atoms with Crippen LogP contribution in [0.4, 0.5) is 0 Å². The van der Waals surface area contributed by atoms with Crippen LogP contribution >= 0.6 is 0 Å². The molecule has 2 aromatic rings. The van der Waals surface area contributed by atoms with Crippen molar-refractivity contribution in [2.75, 3.05) is 20.1 Å². The van der Waals surface area contributed by atoms with Gasteiger partial charge in [0.25, 0.3) is 0 Å². The number of aliphatic hydroxyl groups is 1. The Labute approximate surface area is 207 Å². The first-order valence-electron chi connectivity index (χ1n) is 13.3. The molecule has 5 nitrogen and oxygen atoms in total. The molecule has 2 heterocycles. The Bertz CT molecular complexity index is 1180. The Morgan fingerprint density at radius 1 is 1.20 bits per heavy atom. The maximum atomic E-state index is 13.3. The van der Waals surface area contributed by atoms with Crippen LogP contribution in [-0.2, 0) is 16.6 Å². The SMILES string of the molecule is CN(C(=O)C=Cc1ccccc1)[C@@H]1CC[C@H]2[C@H]3Cc4cccc5c4[C@@]2(CCN3CC2CC2O)[C@H]1O5. The van der Waals surface area contributed by atoms with E-state index in [-0.39, 0.29) is 29.6 Å². The number of ether oxygens (including phenoxy) is 1.